The number of amides is 1. The van der Waals surface area contributed by atoms with Gasteiger partial charge in [0.1, 0.15) is 5.69 Å². The van der Waals surface area contributed by atoms with E-state index >= 15 is 0 Å². The molecule has 2 aromatic rings. The molecule has 7 heteroatoms. The first-order valence-electron chi connectivity index (χ1n) is 7.41. The van der Waals surface area contributed by atoms with Crippen LogP contribution in [-0.4, -0.2) is 35.1 Å². The fourth-order valence-corrected chi connectivity index (χ4v) is 2.68. The van der Waals surface area contributed by atoms with Gasteiger partial charge in [-0.15, -0.1) is 24.8 Å². The zero-order valence-electron chi connectivity index (χ0n) is 12.8. The van der Waals surface area contributed by atoms with E-state index in [1.54, 1.807) is 12.5 Å². The molecule has 1 aliphatic rings. The molecule has 1 saturated heterocycles. The highest BCUT2D eigenvalue weighted by Crippen LogP contribution is 2.12. The van der Waals surface area contributed by atoms with Gasteiger partial charge in [0.15, 0.2) is 0 Å². The number of carbonyl (C=O) groups excluding carboxylic acids is 1. The number of nitrogens with one attached hydrogen (secondary N) is 2. The van der Waals surface area contributed by atoms with Gasteiger partial charge in [-0.3, -0.25) is 9.36 Å². The highest BCUT2D eigenvalue weighted by molar-refractivity contribution is 5.93. The molecule has 1 unspecified atom stereocenters. The summed E-state index contributed by atoms with van der Waals surface area (Å²) in [5.74, 6) is 0.456. The summed E-state index contributed by atoms with van der Waals surface area (Å²) >= 11 is 0. The van der Waals surface area contributed by atoms with Gasteiger partial charge in [0.05, 0.1) is 12.5 Å². The van der Waals surface area contributed by atoms with E-state index in [2.05, 4.69) is 15.6 Å². The number of carbonyl (C=O) groups is 1. The Morgan fingerprint density at radius 2 is 2.09 bits per heavy atom. The lowest BCUT2D eigenvalue weighted by atomic mass is 10.00. The Morgan fingerprint density at radius 1 is 1.30 bits per heavy atom. The summed E-state index contributed by atoms with van der Waals surface area (Å²) in [5.41, 5.74) is 1.52. The standard InChI is InChI=1S/C16H20N4O.2ClH/c21-16(19-10-13-5-4-8-17-9-13)15-11-18-12-20(15)14-6-2-1-3-7-14;;/h1-3,6-7,11-13,17H,4-5,8-10H2,(H,19,21);2*1H. The predicted octanol–water partition coefficient (Wildman–Crippen LogP) is 2.45. The third-order valence-electron chi connectivity index (χ3n) is 3.86. The maximum absolute atomic E-state index is 12.4. The molecule has 0 bridgehead atoms. The summed E-state index contributed by atoms with van der Waals surface area (Å²) in [7, 11) is 0. The SMILES string of the molecule is Cl.Cl.O=C(NCC1CCCNC1)c1cncn1-c1ccccc1. The van der Waals surface area contributed by atoms with Gasteiger partial charge < -0.3 is 10.6 Å². The molecular weight excluding hydrogens is 335 g/mol. The second-order valence-corrected chi connectivity index (χ2v) is 5.41. The number of benzene rings is 1. The molecule has 2 heterocycles. The van der Waals surface area contributed by atoms with Crippen LogP contribution in [0.15, 0.2) is 42.9 Å². The van der Waals surface area contributed by atoms with E-state index in [9.17, 15) is 4.79 Å². The average molecular weight is 357 g/mol. The first kappa shape index (κ1) is 19.5. The van der Waals surface area contributed by atoms with Crippen LogP contribution < -0.4 is 10.6 Å². The minimum atomic E-state index is -0.0677. The number of piperidine rings is 1. The van der Waals surface area contributed by atoms with E-state index in [1.165, 1.54) is 12.8 Å². The maximum atomic E-state index is 12.4. The first-order valence-corrected chi connectivity index (χ1v) is 7.41. The van der Waals surface area contributed by atoms with Crippen LogP contribution in [0.2, 0.25) is 0 Å². The van der Waals surface area contributed by atoms with Gasteiger partial charge in [-0.25, -0.2) is 4.98 Å². The second-order valence-electron chi connectivity index (χ2n) is 5.41. The Morgan fingerprint density at radius 3 is 2.78 bits per heavy atom. The monoisotopic (exact) mass is 356 g/mol. The molecular formula is C16H22Cl2N4O. The van der Waals surface area contributed by atoms with E-state index in [0.717, 1.165) is 18.8 Å². The Hall–Kier alpha value is -1.56. The van der Waals surface area contributed by atoms with Crippen LogP contribution in [0.4, 0.5) is 0 Å². The van der Waals surface area contributed by atoms with Crippen molar-refractivity contribution in [2.24, 2.45) is 5.92 Å². The summed E-state index contributed by atoms with van der Waals surface area (Å²) in [6.45, 7) is 2.79. The van der Waals surface area contributed by atoms with Crippen molar-refractivity contribution < 1.29 is 4.79 Å². The molecule has 3 rings (SSSR count). The summed E-state index contributed by atoms with van der Waals surface area (Å²) in [6, 6.07) is 9.78. The Balaban J connectivity index is 0.00000132. The molecule has 1 fully saturated rings. The summed E-state index contributed by atoms with van der Waals surface area (Å²) in [6.07, 6.45) is 5.64. The molecule has 0 aliphatic carbocycles. The van der Waals surface area contributed by atoms with Crippen molar-refractivity contribution in [2.75, 3.05) is 19.6 Å². The number of para-hydroxylation sites is 1. The molecule has 0 spiro atoms. The van der Waals surface area contributed by atoms with E-state index in [-0.39, 0.29) is 30.7 Å². The van der Waals surface area contributed by atoms with Crippen LogP contribution in [0.5, 0.6) is 0 Å². The van der Waals surface area contributed by atoms with Crippen LogP contribution in [0.3, 0.4) is 0 Å². The fraction of sp³-hybridized carbons (Fsp3) is 0.375. The van der Waals surface area contributed by atoms with Gasteiger partial charge >= 0.3 is 0 Å². The number of hydrogen-bond acceptors (Lipinski definition) is 3. The van der Waals surface area contributed by atoms with E-state index in [4.69, 9.17) is 0 Å². The van der Waals surface area contributed by atoms with Gasteiger partial charge in [0.25, 0.3) is 5.91 Å². The van der Waals surface area contributed by atoms with Crippen molar-refractivity contribution in [2.45, 2.75) is 12.8 Å². The maximum Gasteiger partial charge on any atom is 0.269 e. The molecule has 0 radical (unpaired) electrons. The lowest BCUT2D eigenvalue weighted by Gasteiger charge is -2.22. The third kappa shape index (κ3) is 4.96. The number of halogens is 2. The van der Waals surface area contributed by atoms with Crippen LogP contribution in [0, 0.1) is 5.92 Å². The number of nitrogens with zero attached hydrogens (tertiary/aromatic N) is 2. The minimum absolute atomic E-state index is 0. The highest BCUT2D eigenvalue weighted by Gasteiger charge is 2.17. The van der Waals surface area contributed by atoms with Gasteiger partial charge in [0, 0.05) is 12.2 Å². The van der Waals surface area contributed by atoms with Gasteiger partial charge in [-0.1, -0.05) is 18.2 Å². The Kier molecular flexibility index (Phi) is 8.09. The second kappa shape index (κ2) is 9.55. The molecule has 2 N–H and O–H groups in total. The van der Waals surface area contributed by atoms with Crippen molar-refractivity contribution in [1.29, 1.82) is 0 Å². The number of aromatic nitrogens is 2. The third-order valence-corrected chi connectivity index (χ3v) is 3.86. The lowest BCUT2D eigenvalue weighted by molar-refractivity contribution is 0.0938. The number of hydrogen-bond donors (Lipinski definition) is 2. The predicted molar refractivity (Wildman–Crippen MR) is 96.0 cm³/mol. The smallest absolute Gasteiger partial charge is 0.269 e. The summed E-state index contributed by atoms with van der Waals surface area (Å²) in [5, 5.41) is 6.39. The van der Waals surface area contributed by atoms with Crippen LogP contribution in [0.25, 0.3) is 5.69 Å². The quantitative estimate of drug-likeness (QED) is 0.884. The molecule has 23 heavy (non-hydrogen) atoms. The van der Waals surface area contributed by atoms with Crippen molar-refractivity contribution in [3.8, 4) is 5.69 Å². The molecule has 1 atom stereocenters. The van der Waals surface area contributed by atoms with Gasteiger partial charge in [-0.2, -0.15) is 0 Å². The van der Waals surface area contributed by atoms with Crippen molar-refractivity contribution in [3.63, 3.8) is 0 Å². The minimum Gasteiger partial charge on any atom is -0.350 e. The largest absolute Gasteiger partial charge is 0.350 e. The molecule has 126 valence electrons. The zero-order valence-corrected chi connectivity index (χ0v) is 14.4. The summed E-state index contributed by atoms with van der Waals surface area (Å²) < 4.78 is 1.81. The van der Waals surface area contributed by atoms with Crippen molar-refractivity contribution in [1.82, 2.24) is 20.2 Å². The normalized spacial score (nSPS) is 16.8. The van der Waals surface area contributed by atoms with Gasteiger partial charge in [0.2, 0.25) is 0 Å². The van der Waals surface area contributed by atoms with Crippen molar-refractivity contribution >= 4 is 30.7 Å². The van der Waals surface area contributed by atoms with E-state index < -0.39 is 0 Å². The topological polar surface area (TPSA) is 59.0 Å². The van der Waals surface area contributed by atoms with Crippen LogP contribution in [-0.2, 0) is 0 Å². The van der Waals surface area contributed by atoms with Crippen molar-refractivity contribution in [3.05, 3.63) is 48.5 Å². The van der Waals surface area contributed by atoms with Crippen LogP contribution in [0.1, 0.15) is 23.3 Å². The molecule has 1 aromatic heterocycles. The molecule has 1 aliphatic heterocycles. The van der Waals surface area contributed by atoms with E-state index in [0.29, 0.717) is 18.2 Å². The lowest BCUT2D eigenvalue weighted by Crippen LogP contribution is -2.38. The molecule has 5 nitrogen and oxygen atoms in total. The zero-order chi connectivity index (χ0) is 14.5. The Bertz CT molecular complexity index is 597. The van der Waals surface area contributed by atoms with Crippen LogP contribution >= 0.6 is 24.8 Å². The highest BCUT2D eigenvalue weighted by atomic mass is 35.5. The average Bonchev–Trinajstić information content (AvgIpc) is 3.04. The van der Waals surface area contributed by atoms with E-state index in [1.807, 2.05) is 34.9 Å². The number of imidazole rings is 1. The summed E-state index contributed by atoms with van der Waals surface area (Å²) in [4.78, 5) is 16.5. The molecule has 1 aromatic carbocycles. The molecule has 1 amide bonds. The first-order chi connectivity index (χ1) is 10.3. The number of rotatable bonds is 4. The molecule has 0 saturated carbocycles. The fourth-order valence-electron chi connectivity index (χ4n) is 2.68. The van der Waals surface area contributed by atoms with Gasteiger partial charge in [-0.05, 0) is 44.0 Å². The Labute approximate surface area is 148 Å².